The summed E-state index contributed by atoms with van der Waals surface area (Å²) >= 11 is 0. The van der Waals surface area contributed by atoms with Crippen molar-refractivity contribution in [1.82, 2.24) is 10.3 Å². The SMILES string of the molecule is CC1CN(c2ccc(CNC(=O)C3CCC(N)C3)cn2)CCO1.Cl.Cl. The van der Waals surface area contributed by atoms with Crippen LogP contribution in [0.1, 0.15) is 31.7 Å². The lowest BCUT2D eigenvalue weighted by molar-refractivity contribution is -0.125. The van der Waals surface area contributed by atoms with Crippen molar-refractivity contribution in [2.75, 3.05) is 24.6 Å². The fraction of sp³-hybridized carbons (Fsp3) is 0.647. The lowest BCUT2D eigenvalue weighted by atomic mass is 10.1. The van der Waals surface area contributed by atoms with Gasteiger partial charge in [-0.3, -0.25) is 4.79 Å². The third-order valence-electron chi connectivity index (χ3n) is 4.68. The number of ether oxygens (including phenoxy) is 1. The predicted octanol–water partition coefficient (Wildman–Crippen LogP) is 1.89. The second-order valence-electron chi connectivity index (χ2n) is 6.64. The Morgan fingerprint density at radius 1 is 1.40 bits per heavy atom. The summed E-state index contributed by atoms with van der Waals surface area (Å²) in [6.45, 7) is 5.08. The van der Waals surface area contributed by atoms with Crippen LogP contribution in [0.4, 0.5) is 5.82 Å². The highest BCUT2D eigenvalue weighted by Crippen LogP contribution is 2.24. The molecular weight excluding hydrogens is 363 g/mol. The summed E-state index contributed by atoms with van der Waals surface area (Å²) in [7, 11) is 0. The molecule has 142 valence electrons. The zero-order valence-corrected chi connectivity index (χ0v) is 16.2. The first-order valence-corrected chi connectivity index (χ1v) is 8.46. The van der Waals surface area contributed by atoms with Crippen LogP contribution in [0.2, 0.25) is 0 Å². The van der Waals surface area contributed by atoms with Crippen molar-refractivity contribution in [1.29, 1.82) is 0 Å². The van der Waals surface area contributed by atoms with E-state index < -0.39 is 0 Å². The van der Waals surface area contributed by atoms with Crippen LogP contribution >= 0.6 is 24.8 Å². The molecule has 1 aliphatic heterocycles. The van der Waals surface area contributed by atoms with Crippen LogP contribution in [-0.2, 0) is 16.1 Å². The molecule has 3 rings (SSSR count). The normalized spacial score (nSPS) is 25.7. The average Bonchev–Trinajstić information content (AvgIpc) is 3.00. The molecule has 1 aliphatic carbocycles. The second-order valence-corrected chi connectivity index (χ2v) is 6.64. The van der Waals surface area contributed by atoms with Gasteiger partial charge in [0, 0.05) is 37.8 Å². The Morgan fingerprint density at radius 2 is 2.20 bits per heavy atom. The van der Waals surface area contributed by atoms with E-state index in [-0.39, 0.29) is 48.8 Å². The first-order chi connectivity index (χ1) is 11.1. The maximum Gasteiger partial charge on any atom is 0.223 e. The standard InChI is InChI=1S/C17H26N4O2.2ClH/c1-12-11-21(6-7-23-12)16-5-2-13(9-19-16)10-20-17(22)14-3-4-15(18)8-14;;/h2,5,9,12,14-15H,3-4,6-8,10-11,18H2,1H3,(H,20,22);2*1H. The summed E-state index contributed by atoms with van der Waals surface area (Å²) in [6, 6.07) is 4.23. The maximum atomic E-state index is 12.1. The van der Waals surface area contributed by atoms with Crippen molar-refractivity contribution in [3.8, 4) is 0 Å². The molecule has 2 aliphatic rings. The van der Waals surface area contributed by atoms with E-state index >= 15 is 0 Å². The molecule has 0 radical (unpaired) electrons. The minimum atomic E-state index is 0. The first kappa shape index (κ1) is 22.0. The Morgan fingerprint density at radius 3 is 2.80 bits per heavy atom. The van der Waals surface area contributed by atoms with Crippen LogP contribution in [0.5, 0.6) is 0 Å². The molecule has 3 unspecified atom stereocenters. The number of halogens is 2. The number of pyridine rings is 1. The molecule has 0 aromatic carbocycles. The quantitative estimate of drug-likeness (QED) is 0.820. The fourth-order valence-corrected chi connectivity index (χ4v) is 3.32. The zero-order chi connectivity index (χ0) is 16.2. The number of hydrogen-bond donors (Lipinski definition) is 2. The Hall–Kier alpha value is -1.08. The van der Waals surface area contributed by atoms with Gasteiger partial charge in [-0.05, 0) is 37.8 Å². The van der Waals surface area contributed by atoms with E-state index in [1.807, 2.05) is 18.3 Å². The summed E-state index contributed by atoms with van der Waals surface area (Å²) in [5, 5.41) is 3.00. The van der Waals surface area contributed by atoms with E-state index in [1.165, 1.54) is 0 Å². The molecule has 3 atom stereocenters. The van der Waals surface area contributed by atoms with Gasteiger partial charge < -0.3 is 20.7 Å². The van der Waals surface area contributed by atoms with E-state index in [1.54, 1.807) is 0 Å². The van der Waals surface area contributed by atoms with E-state index in [0.717, 1.165) is 50.3 Å². The van der Waals surface area contributed by atoms with Crippen molar-refractivity contribution >= 4 is 36.5 Å². The smallest absolute Gasteiger partial charge is 0.223 e. The van der Waals surface area contributed by atoms with Crippen molar-refractivity contribution in [3.63, 3.8) is 0 Å². The highest BCUT2D eigenvalue weighted by Gasteiger charge is 2.27. The molecule has 8 heteroatoms. The van der Waals surface area contributed by atoms with E-state index in [0.29, 0.717) is 6.54 Å². The molecule has 1 saturated carbocycles. The Bertz CT molecular complexity index is 544. The molecule has 1 aromatic heterocycles. The van der Waals surface area contributed by atoms with Crippen LogP contribution in [0, 0.1) is 5.92 Å². The van der Waals surface area contributed by atoms with Gasteiger partial charge in [-0.15, -0.1) is 24.8 Å². The predicted molar refractivity (Wildman–Crippen MR) is 104 cm³/mol. The summed E-state index contributed by atoms with van der Waals surface area (Å²) in [5.41, 5.74) is 6.88. The van der Waals surface area contributed by atoms with Crippen molar-refractivity contribution < 1.29 is 9.53 Å². The van der Waals surface area contributed by atoms with Gasteiger partial charge in [0.15, 0.2) is 0 Å². The third-order valence-corrected chi connectivity index (χ3v) is 4.68. The summed E-state index contributed by atoms with van der Waals surface area (Å²) in [6.07, 6.45) is 4.74. The molecule has 2 heterocycles. The van der Waals surface area contributed by atoms with Crippen LogP contribution in [0.3, 0.4) is 0 Å². The molecule has 3 N–H and O–H groups in total. The van der Waals surface area contributed by atoms with Gasteiger partial charge in [-0.2, -0.15) is 0 Å². The minimum Gasteiger partial charge on any atom is -0.375 e. The van der Waals surface area contributed by atoms with Crippen LogP contribution in [-0.4, -0.2) is 42.7 Å². The topological polar surface area (TPSA) is 80.5 Å². The Kier molecular flexibility index (Phi) is 8.93. The molecule has 1 amide bonds. The number of morpholine rings is 1. The van der Waals surface area contributed by atoms with Gasteiger partial charge in [0.05, 0.1) is 12.7 Å². The van der Waals surface area contributed by atoms with E-state index in [4.69, 9.17) is 10.5 Å². The van der Waals surface area contributed by atoms with Crippen LogP contribution in [0.25, 0.3) is 0 Å². The number of rotatable bonds is 4. The molecule has 1 saturated heterocycles. The third kappa shape index (κ3) is 5.99. The summed E-state index contributed by atoms with van der Waals surface area (Å²) in [5.74, 6) is 1.16. The van der Waals surface area contributed by atoms with E-state index in [2.05, 4.69) is 22.1 Å². The van der Waals surface area contributed by atoms with E-state index in [9.17, 15) is 4.79 Å². The Labute approximate surface area is 161 Å². The molecule has 2 fully saturated rings. The molecule has 0 spiro atoms. The van der Waals surface area contributed by atoms with Gasteiger partial charge in [-0.25, -0.2) is 4.98 Å². The number of nitrogens with two attached hydrogens (primary N) is 1. The Balaban J connectivity index is 0.00000156. The van der Waals surface area contributed by atoms with Gasteiger partial charge in [0.2, 0.25) is 5.91 Å². The van der Waals surface area contributed by atoms with Crippen molar-refractivity contribution in [2.24, 2.45) is 11.7 Å². The van der Waals surface area contributed by atoms with Gasteiger partial charge in [-0.1, -0.05) is 6.07 Å². The molecular formula is C17H28Cl2N4O2. The average molecular weight is 391 g/mol. The largest absolute Gasteiger partial charge is 0.375 e. The fourth-order valence-electron chi connectivity index (χ4n) is 3.32. The number of carbonyl (C=O) groups excluding carboxylic acids is 1. The van der Waals surface area contributed by atoms with Gasteiger partial charge >= 0.3 is 0 Å². The molecule has 6 nitrogen and oxygen atoms in total. The highest BCUT2D eigenvalue weighted by atomic mass is 35.5. The number of hydrogen-bond acceptors (Lipinski definition) is 5. The maximum absolute atomic E-state index is 12.1. The lowest BCUT2D eigenvalue weighted by Gasteiger charge is -2.32. The lowest BCUT2D eigenvalue weighted by Crippen LogP contribution is -2.41. The number of aromatic nitrogens is 1. The van der Waals surface area contributed by atoms with Crippen molar-refractivity contribution in [2.45, 2.75) is 44.9 Å². The first-order valence-electron chi connectivity index (χ1n) is 8.46. The summed E-state index contributed by atoms with van der Waals surface area (Å²) in [4.78, 5) is 18.9. The van der Waals surface area contributed by atoms with Crippen LogP contribution < -0.4 is 16.0 Å². The van der Waals surface area contributed by atoms with Gasteiger partial charge in [0.25, 0.3) is 0 Å². The van der Waals surface area contributed by atoms with Gasteiger partial charge in [0.1, 0.15) is 5.82 Å². The minimum absolute atomic E-state index is 0. The number of nitrogens with zero attached hydrogens (tertiary/aromatic N) is 2. The molecule has 1 aromatic rings. The number of nitrogens with one attached hydrogen (secondary N) is 1. The summed E-state index contributed by atoms with van der Waals surface area (Å²) < 4.78 is 5.55. The highest BCUT2D eigenvalue weighted by molar-refractivity contribution is 5.85. The molecule has 0 bridgehead atoms. The molecule has 25 heavy (non-hydrogen) atoms. The van der Waals surface area contributed by atoms with Crippen LogP contribution in [0.15, 0.2) is 18.3 Å². The second kappa shape index (κ2) is 10.2. The number of amides is 1. The number of carbonyl (C=O) groups is 1. The van der Waals surface area contributed by atoms with Crippen molar-refractivity contribution in [3.05, 3.63) is 23.9 Å². The monoisotopic (exact) mass is 390 g/mol. The number of anilines is 1. The zero-order valence-electron chi connectivity index (χ0n) is 14.5.